The largest absolute Gasteiger partial charge is 0.505 e. The molecule has 1 atom stereocenters. The van der Waals surface area contributed by atoms with E-state index < -0.39 is 17.7 Å². The van der Waals surface area contributed by atoms with Crippen LogP contribution in [-0.2, 0) is 9.59 Å². The lowest BCUT2D eigenvalue weighted by atomic mass is 9.96. The predicted octanol–water partition coefficient (Wildman–Crippen LogP) is 6.46. The summed E-state index contributed by atoms with van der Waals surface area (Å²) in [5.41, 5.74) is 2.58. The number of aromatic nitrogens is 3. The summed E-state index contributed by atoms with van der Waals surface area (Å²) in [6.45, 7) is 4.41. The van der Waals surface area contributed by atoms with Crippen molar-refractivity contribution in [1.82, 2.24) is 14.4 Å². The van der Waals surface area contributed by atoms with Crippen molar-refractivity contribution in [1.29, 1.82) is 0 Å². The lowest BCUT2D eigenvalue weighted by molar-refractivity contribution is -0.132. The number of unbranched alkanes of at least 4 members (excludes halogenated alkanes) is 2. The molecule has 6 rings (SSSR count). The number of hydrogen-bond acceptors (Lipinski definition) is 9. The molecule has 1 N–H and O–H groups in total. The molecule has 0 spiro atoms. The second-order valence-electron chi connectivity index (χ2n) is 10.4. The fraction of sp³-hybridized carbons (Fsp3) is 0.273. The molecule has 0 bridgehead atoms. The fourth-order valence-corrected chi connectivity index (χ4v) is 6.52. The molecular weight excluding hydrogens is 580 g/mol. The number of nitrogens with zero attached hydrogens (tertiary/aromatic N) is 4. The number of benzene rings is 2. The van der Waals surface area contributed by atoms with Gasteiger partial charge in [0.2, 0.25) is 0 Å². The number of Topliss-reactive ketones (excluding diaryl/α,β-unsaturated/α-hetero) is 1. The number of thiazole rings is 1. The summed E-state index contributed by atoms with van der Waals surface area (Å²) in [5.74, 6) is -0.303. The first-order valence-electron chi connectivity index (χ1n) is 14.4. The van der Waals surface area contributed by atoms with Crippen molar-refractivity contribution in [2.75, 3.05) is 25.7 Å². The summed E-state index contributed by atoms with van der Waals surface area (Å²) in [7, 11) is 3.12. The van der Waals surface area contributed by atoms with Gasteiger partial charge in [0.05, 0.1) is 48.4 Å². The third kappa shape index (κ3) is 5.02. The number of aryl methyl sites for hydroxylation is 1. The van der Waals surface area contributed by atoms with E-state index in [-0.39, 0.29) is 11.3 Å². The van der Waals surface area contributed by atoms with Gasteiger partial charge in [-0.25, -0.2) is 9.97 Å². The molecule has 4 heterocycles. The van der Waals surface area contributed by atoms with Crippen molar-refractivity contribution < 1.29 is 28.9 Å². The van der Waals surface area contributed by atoms with Gasteiger partial charge in [-0.05, 0) is 61.4 Å². The van der Waals surface area contributed by atoms with Gasteiger partial charge in [0.15, 0.2) is 22.4 Å². The number of ether oxygens (including phenoxy) is 3. The van der Waals surface area contributed by atoms with E-state index in [1.54, 1.807) is 67.1 Å². The van der Waals surface area contributed by atoms with Crippen molar-refractivity contribution in [2.24, 2.45) is 0 Å². The van der Waals surface area contributed by atoms with Crippen molar-refractivity contribution in [3.05, 3.63) is 83.3 Å². The summed E-state index contributed by atoms with van der Waals surface area (Å²) >= 11 is 1.26. The number of carbonyl (C=O) groups is 2. The summed E-state index contributed by atoms with van der Waals surface area (Å²) in [5, 5.41) is 12.2. The van der Waals surface area contributed by atoms with Gasteiger partial charge in [0.25, 0.3) is 5.78 Å². The van der Waals surface area contributed by atoms with E-state index in [2.05, 4.69) is 11.9 Å². The highest BCUT2D eigenvalue weighted by Gasteiger charge is 2.49. The SMILES string of the molecule is CCCCCOc1ccc(C2/C(=C(\O)c3c(C)nc4ccccn34)C(=O)C(=O)N2c2nc3ccc(OC)cc3s2)cc1OC. The minimum atomic E-state index is -1.01. The van der Waals surface area contributed by atoms with Crippen LogP contribution in [0.2, 0.25) is 0 Å². The number of methoxy groups -OCH3 is 2. The molecular formula is C33H32N4O6S. The quantitative estimate of drug-likeness (QED) is 0.0827. The molecule has 10 nitrogen and oxygen atoms in total. The minimum absolute atomic E-state index is 0.0701. The first-order valence-corrected chi connectivity index (χ1v) is 15.2. The highest BCUT2D eigenvalue weighted by molar-refractivity contribution is 7.22. The topological polar surface area (TPSA) is 115 Å². The van der Waals surface area contributed by atoms with Crippen LogP contribution in [0.25, 0.3) is 21.6 Å². The van der Waals surface area contributed by atoms with E-state index in [0.717, 1.165) is 24.0 Å². The van der Waals surface area contributed by atoms with E-state index in [4.69, 9.17) is 19.2 Å². The van der Waals surface area contributed by atoms with Gasteiger partial charge in [-0.15, -0.1) is 0 Å². The van der Waals surface area contributed by atoms with E-state index in [1.807, 2.05) is 12.1 Å². The third-order valence-electron chi connectivity index (χ3n) is 7.67. The minimum Gasteiger partial charge on any atom is -0.505 e. The Hall–Kier alpha value is -4.90. The van der Waals surface area contributed by atoms with Gasteiger partial charge < -0.3 is 19.3 Å². The van der Waals surface area contributed by atoms with Crippen LogP contribution < -0.4 is 19.1 Å². The number of amides is 1. The zero-order valence-electron chi connectivity index (χ0n) is 24.9. The van der Waals surface area contributed by atoms with Gasteiger partial charge in [-0.1, -0.05) is 43.2 Å². The molecule has 11 heteroatoms. The smallest absolute Gasteiger partial charge is 0.301 e. The van der Waals surface area contributed by atoms with E-state index in [1.165, 1.54) is 23.3 Å². The van der Waals surface area contributed by atoms with Gasteiger partial charge in [-0.2, -0.15) is 0 Å². The Labute approximate surface area is 258 Å². The van der Waals surface area contributed by atoms with Crippen molar-refractivity contribution in [3.8, 4) is 17.2 Å². The molecule has 1 fully saturated rings. The molecule has 1 aliphatic heterocycles. The first-order chi connectivity index (χ1) is 21.4. The van der Waals surface area contributed by atoms with E-state index >= 15 is 0 Å². The van der Waals surface area contributed by atoms with Gasteiger partial charge >= 0.3 is 5.91 Å². The highest BCUT2D eigenvalue weighted by atomic mass is 32.1. The molecule has 0 radical (unpaired) electrons. The Bertz CT molecular complexity index is 1930. The summed E-state index contributed by atoms with van der Waals surface area (Å²) in [6, 6.07) is 15.2. The van der Waals surface area contributed by atoms with Gasteiger partial charge in [-0.3, -0.25) is 18.9 Å². The molecule has 0 aliphatic carbocycles. The number of aliphatic hydroxyl groups is 1. The maximum atomic E-state index is 13.9. The number of rotatable bonds is 10. The Morgan fingerprint density at radius 2 is 1.84 bits per heavy atom. The molecule has 44 heavy (non-hydrogen) atoms. The van der Waals surface area contributed by atoms with Crippen molar-refractivity contribution in [3.63, 3.8) is 0 Å². The zero-order valence-corrected chi connectivity index (χ0v) is 25.7. The summed E-state index contributed by atoms with van der Waals surface area (Å²) < 4.78 is 19.5. The fourth-order valence-electron chi connectivity index (χ4n) is 5.50. The lowest BCUT2D eigenvalue weighted by Gasteiger charge is -2.24. The summed E-state index contributed by atoms with van der Waals surface area (Å²) in [4.78, 5) is 38.3. The van der Waals surface area contributed by atoms with Crippen LogP contribution in [0.3, 0.4) is 0 Å². The number of hydrogen-bond donors (Lipinski definition) is 1. The predicted molar refractivity (Wildman–Crippen MR) is 169 cm³/mol. The Kier molecular flexibility index (Phi) is 7.96. The maximum absolute atomic E-state index is 13.9. The van der Waals surface area contributed by atoms with Crippen LogP contribution >= 0.6 is 11.3 Å². The Morgan fingerprint density at radius 3 is 2.61 bits per heavy atom. The Morgan fingerprint density at radius 1 is 1.00 bits per heavy atom. The molecule has 1 saturated heterocycles. The van der Waals surface area contributed by atoms with Crippen LogP contribution in [-0.4, -0.2) is 52.0 Å². The van der Waals surface area contributed by atoms with Crippen LogP contribution in [0.4, 0.5) is 5.13 Å². The van der Waals surface area contributed by atoms with Gasteiger partial charge in [0, 0.05) is 6.20 Å². The number of carbonyl (C=O) groups excluding carboxylic acids is 2. The van der Waals surface area contributed by atoms with Crippen LogP contribution in [0.1, 0.15) is 49.2 Å². The lowest BCUT2D eigenvalue weighted by Crippen LogP contribution is -2.29. The van der Waals surface area contributed by atoms with Crippen LogP contribution in [0, 0.1) is 6.92 Å². The van der Waals surface area contributed by atoms with Gasteiger partial charge in [0.1, 0.15) is 17.1 Å². The van der Waals surface area contributed by atoms with Crippen LogP contribution in [0.15, 0.2) is 66.4 Å². The molecule has 0 saturated carbocycles. The molecule has 2 aromatic carbocycles. The van der Waals surface area contributed by atoms with E-state index in [9.17, 15) is 14.7 Å². The highest BCUT2D eigenvalue weighted by Crippen LogP contribution is 2.46. The summed E-state index contributed by atoms with van der Waals surface area (Å²) in [6.07, 6.45) is 4.78. The first kappa shape index (κ1) is 29.2. The number of imidazole rings is 1. The van der Waals surface area contributed by atoms with Crippen molar-refractivity contribution >= 4 is 49.8 Å². The average Bonchev–Trinajstić information content (AvgIpc) is 3.69. The van der Waals surface area contributed by atoms with Crippen molar-refractivity contribution in [2.45, 2.75) is 39.2 Å². The Balaban J connectivity index is 1.53. The number of aliphatic hydroxyl groups excluding tert-OH is 1. The number of ketones is 1. The zero-order chi connectivity index (χ0) is 31.0. The second-order valence-corrected chi connectivity index (χ2v) is 11.4. The average molecular weight is 613 g/mol. The monoisotopic (exact) mass is 612 g/mol. The maximum Gasteiger partial charge on any atom is 0.301 e. The molecule has 3 aromatic heterocycles. The number of fused-ring (bicyclic) bond motifs is 2. The molecule has 5 aromatic rings. The molecule has 1 amide bonds. The molecule has 1 aliphatic rings. The molecule has 226 valence electrons. The normalized spacial score (nSPS) is 16.3. The number of pyridine rings is 1. The third-order valence-corrected chi connectivity index (χ3v) is 8.69. The standard InChI is InChI=1S/C33H32N4O6S/c1-5-6-9-16-43-23-14-11-20(17-24(23)42-4)29-27(30(38)28-19(2)34-26-10-7-8-15-36(26)28)31(39)32(40)37(29)33-35-22-13-12-21(41-3)18-25(22)44-33/h7-8,10-15,17-18,29,38H,5-6,9,16H2,1-4H3/b30-27+. The number of anilines is 1. The van der Waals surface area contributed by atoms with E-state index in [0.29, 0.717) is 57.1 Å². The molecule has 1 unspecified atom stereocenters. The van der Waals surface area contributed by atoms with Crippen LogP contribution in [0.5, 0.6) is 17.2 Å². The second kappa shape index (κ2) is 12.0.